The molecule has 0 aliphatic heterocycles. The molecule has 0 fully saturated rings. The molecule has 3 heteroatoms. The summed E-state index contributed by atoms with van der Waals surface area (Å²) < 4.78 is 5.04. The standard InChI is InChI=1S/C10H12O3/c1-3-7-4-8(6-11)9(12)5-10(7)13-2/h4-6,12H,3H2,1-2H3. The van der Waals surface area contributed by atoms with Crippen molar-refractivity contribution < 1.29 is 14.6 Å². The summed E-state index contributed by atoms with van der Waals surface area (Å²) in [6, 6.07) is 3.10. The Bertz CT molecular complexity index is 318. The number of ether oxygens (including phenoxy) is 1. The van der Waals surface area contributed by atoms with E-state index < -0.39 is 0 Å². The second-order valence-corrected chi connectivity index (χ2v) is 2.69. The SMILES string of the molecule is CCc1cc(C=O)c(O)cc1OC. The second-order valence-electron chi connectivity index (χ2n) is 2.69. The van der Waals surface area contributed by atoms with Crippen LogP contribution in [0.2, 0.25) is 0 Å². The number of benzene rings is 1. The summed E-state index contributed by atoms with van der Waals surface area (Å²) in [6.45, 7) is 1.96. The van der Waals surface area contributed by atoms with Crippen molar-refractivity contribution in [2.24, 2.45) is 0 Å². The first-order valence-electron chi connectivity index (χ1n) is 4.08. The molecule has 0 aliphatic carbocycles. The maximum absolute atomic E-state index is 10.5. The molecule has 70 valence electrons. The van der Waals surface area contributed by atoms with Gasteiger partial charge in [-0.15, -0.1) is 0 Å². The lowest BCUT2D eigenvalue weighted by Gasteiger charge is -2.08. The monoisotopic (exact) mass is 180 g/mol. The van der Waals surface area contributed by atoms with Crippen LogP contribution < -0.4 is 4.74 Å². The number of hydrogen-bond acceptors (Lipinski definition) is 3. The molecule has 3 nitrogen and oxygen atoms in total. The van der Waals surface area contributed by atoms with E-state index in [-0.39, 0.29) is 5.75 Å². The Morgan fingerprint density at radius 2 is 2.23 bits per heavy atom. The summed E-state index contributed by atoms with van der Waals surface area (Å²) in [6.07, 6.45) is 1.40. The highest BCUT2D eigenvalue weighted by molar-refractivity contribution is 5.80. The summed E-state index contributed by atoms with van der Waals surface area (Å²) in [5, 5.41) is 9.33. The Hall–Kier alpha value is -1.51. The van der Waals surface area contributed by atoms with Gasteiger partial charge in [-0.2, -0.15) is 0 Å². The van der Waals surface area contributed by atoms with Gasteiger partial charge < -0.3 is 9.84 Å². The molecule has 0 bridgehead atoms. The molecule has 0 aromatic heterocycles. The Kier molecular flexibility index (Phi) is 2.90. The van der Waals surface area contributed by atoms with E-state index >= 15 is 0 Å². The minimum Gasteiger partial charge on any atom is -0.507 e. The van der Waals surface area contributed by atoms with E-state index in [9.17, 15) is 9.90 Å². The molecule has 0 atom stereocenters. The first-order valence-corrected chi connectivity index (χ1v) is 4.08. The first-order chi connectivity index (χ1) is 6.22. The molecular formula is C10H12O3. The number of hydrogen-bond donors (Lipinski definition) is 1. The average Bonchev–Trinajstić information content (AvgIpc) is 2.17. The third kappa shape index (κ3) is 1.80. The molecule has 0 radical (unpaired) electrons. The third-order valence-corrected chi connectivity index (χ3v) is 1.94. The lowest BCUT2D eigenvalue weighted by Crippen LogP contribution is -1.93. The molecule has 0 saturated carbocycles. The lowest BCUT2D eigenvalue weighted by atomic mass is 10.1. The van der Waals surface area contributed by atoms with E-state index in [2.05, 4.69) is 0 Å². The van der Waals surface area contributed by atoms with Crippen LogP contribution in [0.15, 0.2) is 12.1 Å². The van der Waals surface area contributed by atoms with Crippen molar-refractivity contribution in [1.29, 1.82) is 0 Å². The zero-order valence-corrected chi connectivity index (χ0v) is 7.70. The molecule has 0 saturated heterocycles. The molecule has 0 unspecified atom stereocenters. The van der Waals surface area contributed by atoms with Gasteiger partial charge in [0.05, 0.1) is 12.7 Å². The lowest BCUT2D eigenvalue weighted by molar-refractivity contribution is 0.112. The minimum absolute atomic E-state index is 0.0379. The van der Waals surface area contributed by atoms with Crippen molar-refractivity contribution in [2.75, 3.05) is 7.11 Å². The Balaban J connectivity index is 3.26. The molecule has 1 N–H and O–H groups in total. The summed E-state index contributed by atoms with van der Waals surface area (Å²) in [7, 11) is 1.54. The number of aromatic hydroxyl groups is 1. The van der Waals surface area contributed by atoms with Gasteiger partial charge in [-0.3, -0.25) is 4.79 Å². The van der Waals surface area contributed by atoms with E-state index in [1.165, 1.54) is 13.2 Å². The van der Waals surface area contributed by atoms with Crippen molar-refractivity contribution in [3.05, 3.63) is 23.3 Å². The van der Waals surface area contributed by atoms with Crippen LogP contribution in [-0.4, -0.2) is 18.5 Å². The normalized spacial score (nSPS) is 9.69. The van der Waals surface area contributed by atoms with E-state index in [4.69, 9.17) is 4.74 Å². The second kappa shape index (κ2) is 3.94. The van der Waals surface area contributed by atoms with E-state index in [1.807, 2.05) is 6.92 Å². The van der Waals surface area contributed by atoms with Gasteiger partial charge in [0.15, 0.2) is 6.29 Å². The van der Waals surface area contributed by atoms with Gasteiger partial charge in [-0.25, -0.2) is 0 Å². The van der Waals surface area contributed by atoms with Crippen molar-refractivity contribution in [3.8, 4) is 11.5 Å². The number of methoxy groups -OCH3 is 1. The van der Waals surface area contributed by atoms with Crippen LogP contribution in [0.5, 0.6) is 11.5 Å². The number of phenols is 1. The average molecular weight is 180 g/mol. The topological polar surface area (TPSA) is 46.5 Å². The van der Waals surface area contributed by atoms with E-state index in [1.54, 1.807) is 6.07 Å². The van der Waals surface area contributed by atoms with Crippen LogP contribution in [0, 0.1) is 0 Å². The quantitative estimate of drug-likeness (QED) is 0.721. The molecule has 0 amide bonds. The number of aldehydes is 1. The Morgan fingerprint density at radius 1 is 1.54 bits per heavy atom. The van der Waals surface area contributed by atoms with Crippen LogP contribution in [0.1, 0.15) is 22.8 Å². The van der Waals surface area contributed by atoms with Crippen molar-refractivity contribution in [1.82, 2.24) is 0 Å². The molecule has 0 aliphatic rings. The molecule has 13 heavy (non-hydrogen) atoms. The Labute approximate surface area is 77.0 Å². The zero-order valence-electron chi connectivity index (χ0n) is 7.70. The number of rotatable bonds is 3. The smallest absolute Gasteiger partial charge is 0.153 e. The third-order valence-electron chi connectivity index (χ3n) is 1.94. The van der Waals surface area contributed by atoms with Gasteiger partial charge in [-0.05, 0) is 18.1 Å². The van der Waals surface area contributed by atoms with Crippen molar-refractivity contribution in [2.45, 2.75) is 13.3 Å². The van der Waals surface area contributed by atoms with Crippen LogP contribution >= 0.6 is 0 Å². The number of carbonyl (C=O) groups excluding carboxylic acids is 1. The predicted molar refractivity (Wildman–Crippen MR) is 49.4 cm³/mol. The van der Waals surface area contributed by atoms with Crippen LogP contribution in [0.25, 0.3) is 0 Å². The van der Waals surface area contributed by atoms with E-state index in [0.717, 1.165) is 12.0 Å². The van der Waals surface area contributed by atoms with Crippen molar-refractivity contribution >= 4 is 6.29 Å². The van der Waals surface area contributed by atoms with Crippen molar-refractivity contribution in [3.63, 3.8) is 0 Å². The largest absolute Gasteiger partial charge is 0.507 e. The maximum atomic E-state index is 10.5. The number of aryl methyl sites for hydroxylation is 1. The summed E-state index contributed by atoms with van der Waals surface area (Å²) in [4.78, 5) is 10.5. The molecule has 1 aromatic carbocycles. The first kappa shape index (κ1) is 9.58. The predicted octanol–water partition coefficient (Wildman–Crippen LogP) is 1.78. The number of carbonyl (C=O) groups is 1. The molecule has 1 aromatic rings. The minimum atomic E-state index is -0.0379. The molecular weight excluding hydrogens is 168 g/mol. The van der Waals surface area contributed by atoms with Crippen LogP contribution in [-0.2, 0) is 6.42 Å². The maximum Gasteiger partial charge on any atom is 0.153 e. The fraction of sp³-hybridized carbons (Fsp3) is 0.300. The fourth-order valence-electron chi connectivity index (χ4n) is 1.19. The van der Waals surface area contributed by atoms with Gasteiger partial charge in [0.1, 0.15) is 11.5 Å². The summed E-state index contributed by atoms with van der Waals surface area (Å²) in [5.41, 5.74) is 1.22. The Morgan fingerprint density at radius 3 is 2.69 bits per heavy atom. The summed E-state index contributed by atoms with van der Waals surface area (Å²) >= 11 is 0. The van der Waals surface area contributed by atoms with Gasteiger partial charge in [0, 0.05) is 6.07 Å². The highest BCUT2D eigenvalue weighted by Crippen LogP contribution is 2.27. The zero-order chi connectivity index (χ0) is 9.84. The molecule has 0 heterocycles. The molecule has 1 rings (SSSR count). The van der Waals surface area contributed by atoms with Gasteiger partial charge in [0.25, 0.3) is 0 Å². The van der Waals surface area contributed by atoms with Gasteiger partial charge in [0.2, 0.25) is 0 Å². The summed E-state index contributed by atoms with van der Waals surface area (Å²) in [5.74, 6) is 0.578. The van der Waals surface area contributed by atoms with Gasteiger partial charge >= 0.3 is 0 Å². The van der Waals surface area contributed by atoms with E-state index in [0.29, 0.717) is 17.6 Å². The molecule has 0 spiro atoms. The highest BCUT2D eigenvalue weighted by atomic mass is 16.5. The number of phenolic OH excluding ortho intramolecular Hbond substituents is 1. The fourth-order valence-corrected chi connectivity index (χ4v) is 1.19. The van der Waals surface area contributed by atoms with Crippen LogP contribution in [0.4, 0.5) is 0 Å². The van der Waals surface area contributed by atoms with Crippen LogP contribution in [0.3, 0.4) is 0 Å². The van der Waals surface area contributed by atoms with Gasteiger partial charge in [-0.1, -0.05) is 6.92 Å². The highest BCUT2D eigenvalue weighted by Gasteiger charge is 2.07.